The van der Waals surface area contributed by atoms with E-state index in [0.29, 0.717) is 24.8 Å². The Bertz CT molecular complexity index is 672. The lowest BCUT2D eigenvalue weighted by Gasteiger charge is -2.25. The first-order valence-corrected chi connectivity index (χ1v) is 9.81. The molecule has 1 aliphatic rings. The molecule has 0 saturated carbocycles. The number of carbonyl (C=O) groups is 1. The highest BCUT2D eigenvalue weighted by molar-refractivity contribution is 7.91. The Balaban J connectivity index is 2.07. The second-order valence-electron chi connectivity index (χ2n) is 6.54. The fraction of sp³-hybridized carbons (Fsp3) is 0.588. The lowest BCUT2D eigenvalue weighted by molar-refractivity contribution is -0.134. The number of methoxy groups -OCH3 is 1. The number of benzene rings is 1. The molecule has 0 aliphatic carbocycles. The van der Waals surface area contributed by atoms with Crippen molar-refractivity contribution in [3.63, 3.8) is 0 Å². The number of nitrogens with zero attached hydrogens (tertiary/aromatic N) is 1. The standard InChI is InChI=1S/C17H26N2O4S/c1-12(17(20)19-10-14(9-18)8-13(19)2)11-24(21,22)16-6-4-15(23-3)5-7-16/h4-7,12-14H,8-11,18H2,1-3H3. The van der Waals surface area contributed by atoms with E-state index >= 15 is 0 Å². The van der Waals surface area contributed by atoms with Gasteiger partial charge in [0.2, 0.25) is 5.91 Å². The molecule has 1 aliphatic heterocycles. The number of rotatable bonds is 6. The molecule has 1 heterocycles. The summed E-state index contributed by atoms with van der Waals surface area (Å²) in [6.07, 6.45) is 0.875. The van der Waals surface area contributed by atoms with Gasteiger partial charge in [0, 0.05) is 18.5 Å². The zero-order chi connectivity index (χ0) is 17.9. The monoisotopic (exact) mass is 354 g/mol. The summed E-state index contributed by atoms with van der Waals surface area (Å²) in [6.45, 7) is 4.82. The average molecular weight is 354 g/mol. The first-order valence-electron chi connectivity index (χ1n) is 8.15. The summed E-state index contributed by atoms with van der Waals surface area (Å²) in [7, 11) is -2.00. The number of hydrogen-bond donors (Lipinski definition) is 1. The summed E-state index contributed by atoms with van der Waals surface area (Å²) in [4.78, 5) is 14.6. The molecule has 134 valence electrons. The SMILES string of the molecule is COc1ccc(S(=O)(=O)CC(C)C(=O)N2CC(CN)CC2C)cc1. The second kappa shape index (κ2) is 7.53. The van der Waals surface area contributed by atoms with Crippen LogP contribution in [-0.4, -0.2) is 51.2 Å². The third-order valence-electron chi connectivity index (χ3n) is 4.59. The molecule has 0 spiro atoms. The molecular formula is C17H26N2O4S. The molecule has 3 atom stereocenters. The van der Waals surface area contributed by atoms with Crippen LogP contribution in [0, 0.1) is 11.8 Å². The van der Waals surface area contributed by atoms with Crippen molar-refractivity contribution in [2.45, 2.75) is 31.2 Å². The highest BCUT2D eigenvalue weighted by atomic mass is 32.2. The summed E-state index contributed by atoms with van der Waals surface area (Å²) in [5.74, 6) is -0.00737. The van der Waals surface area contributed by atoms with Gasteiger partial charge in [-0.25, -0.2) is 8.42 Å². The molecule has 0 radical (unpaired) electrons. The predicted octanol–water partition coefficient (Wildman–Crippen LogP) is 1.30. The van der Waals surface area contributed by atoms with Crippen molar-refractivity contribution in [1.29, 1.82) is 0 Å². The molecule has 1 aromatic rings. The summed E-state index contributed by atoms with van der Waals surface area (Å²) in [6, 6.07) is 6.33. The van der Waals surface area contributed by atoms with Crippen LogP contribution in [0.4, 0.5) is 0 Å². The van der Waals surface area contributed by atoms with Gasteiger partial charge in [0.25, 0.3) is 0 Å². The van der Waals surface area contributed by atoms with Crippen molar-refractivity contribution in [3.05, 3.63) is 24.3 Å². The Kier molecular flexibility index (Phi) is 5.87. The van der Waals surface area contributed by atoms with Crippen molar-refractivity contribution in [3.8, 4) is 5.75 Å². The Labute approximate surface area is 143 Å². The number of sulfone groups is 1. The van der Waals surface area contributed by atoms with E-state index in [1.54, 1.807) is 24.0 Å². The number of nitrogens with two attached hydrogens (primary N) is 1. The molecule has 7 heteroatoms. The zero-order valence-corrected chi connectivity index (χ0v) is 15.3. The summed E-state index contributed by atoms with van der Waals surface area (Å²) in [5, 5.41) is 0. The van der Waals surface area contributed by atoms with Crippen LogP contribution in [0.25, 0.3) is 0 Å². The highest BCUT2D eigenvalue weighted by Crippen LogP contribution is 2.25. The summed E-state index contributed by atoms with van der Waals surface area (Å²) >= 11 is 0. The van der Waals surface area contributed by atoms with Crippen LogP contribution in [0.3, 0.4) is 0 Å². The fourth-order valence-corrected chi connectivity index (χ4v) is 4.73. The third-order valence-corrected chi connectivity index (χ3v) is 6.52. The molecule has 6 nitrogen and oxygen atoms in total. The van der Waals surface area contributed by atoms with Gasteiger partial charge in [0.1, 0.15) is 5.75 Å². The van der Waals surface area contributed by atoms with E-state index in [4.69, 9.17) is 10.5 Å². The minimum Gasteiger partial charge on any atom is -0.497 e. The van der Waals surface area contributed by atoms with E-state index in [2.05, 4.69) is 0 Å². The van der Waals surface area contributed by atoms with E-state index < -0.39 is 15.8 Å². The van der Waals surface area contributed by atoms with E-state index in [0.717, 1.165) is 6.42 Å². The van der Waals surface area contributed by atoms with Crippen molar-refractivity contribution < 1.29 is 17.9 Å². The van der Waals surface area contributed by atoms with E-state index in [1.165, 1.54) is 19.2 Å². The Morgan fingerprint density at radius 2 is 2.00 bits per heavy atom. The van der Waals surface area contributed by atoms with Crippen LogP contribution in [0.1, 0.15) is 20.3 Å². The van der Waals surface area contributed by atoms with Crippen LogP contribution in [0.5, 0.6) is 5.75 Å². The maximum Gasteiger partial charge on any atom is 0.226 e. The average Bonchev–Trinajstić information content (AvgIpc) is 2.94. The van der Waals surface area contributed by atoms with Gasteiger partial charge >= 0.3 is 0 Å². The lowest BCUT2D eigenvalue weighted by atomic mass is 10.1. The number of ether oxygens (including phenoxy) is 1. The van der Waals surface area contributed by atoms with Gasteiger partial charge in [0.15, 0.2) is 9.84 Å². The van der Waals surface area contributed by atoms with Gasteiger partial charge < -0.3 is 15.4 Å². The number of likely N-dealkylation sites (tertiary alicyclic amines) is 1. The van der Waals surface area contributed by atoms with Crippen LogP contribution in [0.2, 0.25) is 0 Å². The molecule has 0 aromatic heterocycles. The van der Waals surface area contributed by atoms with Crippen molar-refractivity contribution in [2.24, 2.45) is 17.6 Å². The van der Waals surface area contributed by atoms with Gasteiger partial charge in [-0.1, -0.05) is 6.92 Å². The van der Waals surface area contributed by atoms with Crippen LogP contribution < -0.4 is 10.5 Å². The van der Waals surface area contributed by atoms with Gasteiger partial charge in [-0.15, -0.1) is 0 Å². The zero-order valence-electron chi connectivity index (χ0n) is 14.4. The molecule has 2 N–H and O–H groups in total. The molecule has 1 amide bonds. The lowest BCUT2D eigenvalue weighted by Crippen LogP contribution is -2.40. The van der Waals surface area contributed by atoms with Crippen molar-refractivity contribution in [2.75, 3.05) is 26.0 Å². The van der Waals surface area contributed by atoms with Crippen molar-refractivity contribution in [1.82, 2.24) is 4.90 Å². The van der Waals surface area contributed by atoms with Crippen LogP contribution in [-0.2, 0) is 14.6 Å². The third kappa shape index (κ3) is 4.08. The second-order valence-corrected chi connectivity index (χ2v) is 8.57. The highest BCUT2D eigenvalue weighted by Gasteiger charge is 2.35. The normalized spacial score (nSPS) is 22.4. The molecule has 3 unspecified atom stereocenters. The number of amides is 1. The van der Waals surface area contributed by atoms with Crippen LogP contribution >= 0.6 is 0 Å². The Morgan fingerprint density at radius 1 is 1.38 bits per heavy atom. The first-order chi connectivity index (χ1) is 11.3. The van der Waals surface area contributed by atoms with Gasteiger partial charge in [0.05, 0.1) is 17.8 Å². The van der Waals surface area contributed by atoms with Crippen LogP contribution in [0.15, 0.2) is 29.2 Å². The smallest absolute Gasteiger partial charge is 0.226 e. The minimum atomic E-state index is -3.52. The molecule has 24 heavy (non-hydrogen) atoms. The topological polar surface area (TPSA) is 89.7 Å². The Hall–Kier alpha value is -1.60. The van der Waals surface area contributed by atoms with E-state index in [9.17, 15) is 13.2 Å². The Morgan fingerprint density at radius 3 is 2.50 bits per heavy atom. The minimum absolute atomic E-state index is 0.109. The molecular weight excluding hydrogens is 328 g/mol. The maximum atomic E-state index is 12.6. The van der Waals surface area contributed by atoms with Crippen molar-refractivity contribution >= 4 is 15.7 Å². The summed E-state index contributed by atoms with van der Waals surface area (Å²) in [5.41, 5.74) is 5.69. The number of hydrogen-bond acceptors (Lipinski definition) is 5. The molecule has 2 rings (SSSR count). The first kappa shape index (κ1) is 18.7. The summed E-state index contributed by atoms with van der Waals surface area (Å²) < 4.78 is 30.1. The van der Waals surface area contributed by atoms with Gasteiger partial charge in [-0.2, -0.15) is 0 Å². The van der Waals surface area contributed by atoms with E-state index in [1.807, 2.05) is 6.92 Å². The number of carbonyl (C=O) groups excluding carboxylic acids is 1. The quantitative estimate of drug-likeness (QED) is 0.832. The predicted molar refractivity (Wildman–Crippen MR) is 92.5 cm³/mol. The van der Waals surface area contributed by atoms with Gasteiger partial charge in [-0.3, -0.25) is 4.79 Å². The van der Waals surface area contributed by atoms with Gasteiger partial charge in [-0.05, 0) is 50.1 Å². The molecule has 0 bridgehead atoms. The maximum absolute atomic E-state index is 12.6. The molecule has 1 saturated heterocycles. The molecule has 1 fully saturated rings. The largest absolute Gasteiger partial charge is 0.497 e. The van der Waals surface area contributed by atoms with E-state index in [-0.39, 0.29) is 22.6 Å². The fourth-order valence-electron chi connectivity index (χ4n) is 3.18. The molecule has 1 aromatic carbocycles.